The summed E-state index contributed by atoms with van der Waals surface area (Å²) in [5, 5.41) is 33.8. The van der Waals surface area contributed by atoms with Crippen molar-refractivity contribution < 1.29 is 24.9 Å². The molecule has 0 aliphatic heterocycles. The Labute approximate surface area is 211 Å². The van der Waals surface area contributed by atoms with Crippen LogP contribution in [0.2, 0.25) is 0 Å². The van der Waals surface area contributed by atoms with Crippen molar-refractivity contribution in [3.63, 3.8) is 0 Å². The number of amides is 1. The number of rotatable bonds is 7. The third-order valence-electron chi connectivity index (χ3n) is 11.5. The number of carboxylic acid groups (broad SMARTS) is 1. The van der Waals surface area contributed by atoms with E-state index >= 15 is 0 Å². The first-order chi connectivity index (χ1) is 16.4. The molecule has 4 aliphatic carbocycles. The van der Waals surface area contributed by atoms with Gasteiger partial charge in [-0.25, -0.2) is 4.79 Å². The van der Waals surface area contributed by atoms with Gasteiger partial charge in [-0.15, -0.1) is 0 Å². The van der Waals surface area contributed by atoms with Crippen LogP contribution in [-0.4, -0.2) is 45.4 Å². The smallest absolute Gasteiger partial charge is 0.326 e. The molecule has 1 amide bonds. The van der Waals surface area contributed by atoms with Crippen molar-refractivity contribution in [2.24, 2.45) is 52.3 Å². The van der Waals surface area contributed by atoms with E-state index in [4.69, 9.17) is 0 Å². The molecular formula is C29H49NO5. The molecule has 0 aromatic heterocycles. The van der Waals surface area contributed by atoms with Gasteiger partial charge in [0.2, 0.25) is 5.91 Å². The van der Waals surface area contributed by atoms with Crippen molar-refractivity contribution in [3.05, 3.63) is 0 Å². The molecule has 6 heteroatoms. The van der Waals surface area contributed by atoms with Gasteiger partial charge in [0, 0.05) is 6.42 Å². The number of nitrogens with one attached hydrogen (secondary N) is 1. The van der Waals surface area contributed by atoms with Crippen molar-refractivity contribution >= 4 is 11.9 Å². The molecule has 0 saturated heterocycles. The van der Waals surface area contributed by atoms with Crippen LogP contribution in [0.1, 0.15) is 98.8 Å². The van der Waals surface area contributed by atoms with Crippen LogP contribution in [0.4, 0.5) is 0 Å². The number of carbonyl (C=O) groups excluding carboxylic acids is 1. The molecule has 4 fully saturated rings. The lowest BCUT2D eigenvalue weighted by Gasteiger charge is -2.62. The number of aliphatic hydroxyl groups excluding tert-OH is 2. The first-order valence-electron chi connectivity index (χ1n) is 14.3. The van der Waals surface area contributed by atoms with Gasteiger partial charge in [-0.1, -0.05) is 34.6 Å². The SMILES string of the molecule is CC(C)[C@H](NC(=O)CC[C@@H](C)[C@H]1CC[C@H]2[C@@H]3[C@H](O)C[C@@H]4C[C@H](O)CC[C@]4(C)[C@H]3CC[C@]12C)C(=O)O. The summed E-state index contributed by atoms with van der Waals surface area (Å²) in [6.45, 7) is 10.8. The Bertz CT molecular complexity index is 800. The zero-order valence-corrected chi connectivity index (χ0v) is 22.5. The second-order valence-corrected chi connectivity index (χ2v) is 13.6. The van der Waals surface area contributed by atoms with Gasteiger partial charge >= 0.3 is 5.97 Å². The molecule has 4 N–H and O–H groups in total. The number of hydrogen-bond donors (Lipinski definition) is 4. The van der Waals surface area contributed by atoms with Crippen LogP contribution in [0, 0.1) is 52.3 Å². The van der Waals surface area contributed by atoms with Crippen LogP contribution in [0.5, 0.6) is 0 Å². The number of fused-ring (bicyclic) bond motifs is 5. The zero-order valence-electron chi connectivity index (χ0n) is 22.5. The Morgan fingerprint density at radius 1 is 0.943 bits per heavy atom. The minimum atomic E-state index is -0.973. The fourth-order valence-electron chi connectivity index (χ4n) is 9.49. The standard InChI is InChI=1S/C29H49NO5/c1-16(2)26(27(34)35)30-24(33)9-6-17(3)20-7-8-21-25-22(11-13-29(20,21)5)28(4)12-10-19(31)14-18(28)15-23(25)32/h16-23,25-26,31-32H,6-15H2,1-5H3,(H,30,33)(H,34,35)/t17-,18+,19-,20-,21+,22+,23-,25+,26+,28+,29-/m1/s1. The van der Waals surface area contributed by atoms with E-state index in [1.54, 1.807) is 0 Å². The van der Waals surface area contributed by atoms with Crippen molar-refractivity contribution in [1.82, 2.24) is 5.32 Å². The fraction of sp³-hybridized carbons (Fsp3) is 0.931. The van der Waals surface area contributed by atoms with Crippen molar-refractivity contribution in [3.8, 4) is 0 Å². The second-order valence-electron chi connectivity index (χ2n) is 13.6. The second kappa shape index (κ2) is 9.96. The van der Waals surface area contributed by atoms with E-state index in [9.17, 15) is 24.9 Å². The van der Waals surface area contributed by atoms with Crippen LogP contribution >= 0.6 is 0 Å². The van der Waals surface area contributed by atoms with Crippen molar-refractivity contribution in [2.45, 2.75) is 117 Å². The predicted octanol–water partition coefficient (Wildman–Crippen LogP) is 4.62. The van der Waals surface area contributed by atoms with Crippen LogP contribution < -0.4 is 5.32 Å². The molecule has 4 aliphatic rings. The molecule has 4 rings (SSSR count). The molecule has 4 saturated carbocycles. The third kappa shape index (κ3) is 4.79. The first kappa shape index (κ1) is 26.9. The third-order valence-corrected chi connectivity index (χ3v) is 11.5. The van der Waals surface area contributed by atoms with Crippen LogP contribution in [0.15, 0.2) is 0 Å². The maximum absolute atomic E-state index is 12.5. The Balaban J connectivity index is 1.41. The van der Waals surface area contributed by atoms with Gasteiger partial charge in [-0.05, 0) is 110 Å². The summed E-state index contributed by atoms with van der Waals surface area (Å²) in [7, 11) is 0. The molecule has 0 unspecified atom stereocenters. The zero-order chi connectivity index (χ0) is 25.7. The maximum atomic E-state index is 12.5. The predicted molar refractivity (Wildman–Crippen MR) is 135 cm³/mol. The fourth-order valence-corrected chi connectivity index (χ4v) is 9.49. The van der Waals surface area contributed by atoms with Gasteiger partial charge in [0.25, 0.3) is 0 Å². The molecule has 0 aromatic carbocycles. The van der Waals surface area contributed by atoms with Crippen LogP contribution in [0.25, 0.3) is 0 Å². The average molecular weight is 492 g/mol. The molecular weight excluding hydrogens is 442 g/mol. The first-order valence-corrected chi connectivity index (χ1v) is 14.3. The lowest BCUT2D eigenvalue weighted by atomic mass is 9.43. The molecule has 0 radical (unpaired) electrons. The normalized spacial score (nSPS) is 44.6. The van der Waals surface area contributed by atoms with Gasteiger partial charge in [0.05, 0.1) is 12.2 Å². The Hall–Kier alpha value is -1.14. The summed E-state index contributed by atoms with van der Waals surface area (Å²) in [4.78, 5) is 24.0. The van der Waals surface area contributed by atoms with Gasteiger partial charge < -0.3 is 20.6 Å². The summed E-state index contributed by atoms with van der Waals surface area (Å²) in [6, 6.07) is -0.833. The molecule has 35 heavy (non-hydrogen) atoms. The number of aliphatic hydroxyl groups is 2. The number of hydrogen-bond acceptors (Lipinski definition) is 4. The van der Waals surface area contributed by atoms with Gasteiger partial charge in [0.1, 0.15) is 6.04 Å². The summed E-state index contributed by atoms with van der Waals surface area (Å²) in [6.07, 6.45) is 9.00. The average Bonchev–Trinajstić information content (AvgIpc) is 3.13. The van der Waals surface area contributed by atoms with Gasteiger partial charge in [0.15, 0.2) is 0 Å². The highest BCUT2D eigenvalue weighted by atomic mass is 16.4. The van der Waals surface area contributed by atoms with E-state index in [2.05, 4.69) is 26.1 Å². The highest BCUT2D eigenvalue weighted by molar-refractivity contribution is 5.83. The van der Waals surface area contributed by atoms with E-state index in [1.165, 1.54) is 6.42 Å². The maximum Gasteiger partial charge on any atom is 0.326 e. The molecule has 0 heterocycles. The van der Waals surface area contributed by atoms with E-state index in [0.29, 0.717) is 41.9 Å². The lowest BCUT2D eigenvalue weighted by Crippen LogP contribution is -2.58. The van der Waals surface area contributed by atoms with E-state index in [0.717, 1.165) is 51.4 Å². The van der Waals surface area contributed by atoms with Crippen molar-refractivity contribution in [1.29, 1.82) is 0 Å². The van der Waals surface area contributed by atoms with E-state index in [-0.39, 0.29) is 34.9 Å². The summed E-state index contributed by atoms with van der Waals surface area (Å²) in [5.74, 6) is 1.51. The molecule has 0 spiro atoms. The Morgan fingerprint density at radius 3 is 2.26 bits per heavy atom. The van der Waals surface area contributed by atoms with Crippen LogP contribution in [0.3, 0.4) is 0 Å². The number of carbonyl (C=O) groups is 2. The lowest BCUT2D eigenvalue weighted by molar-refractivity contribution is -0.174. The highest BCUT2D eigenvalue weighted by Gasteiger charge is 2.62. The van der Waals surface area contributed by atoms with E-state index in [1.807, 2.05) is 13.8 Å². The topological polar surface area (TPSA) is 107 Å². The molecule has 11 atom stereocenters. The van der Waals surface area contributed by atoms with Gasteiger partial charge in [-0.2, -0.15) is 0 Å². The molecule has 200 valence electrons. The number of carboxylic acids is 1. The largest absolute Gasteiger partial charge is 0.480 e. The highest BCUT2D eigenvalue weighted by Crippen LogP contribution is 2.68. The molecule has 0 bridgehead atoms. The minimum Gasteiger partial charge on any atom is -0.480 e. The summed E-state index contributed by atoms with van der Waals surface area (Å²) in [5.41, 5.74) is 0.431. The minimum absolute atomic E-state index is 0.144. The molecule has 6 nitrogen and oxygen atoms in total. The Kier molecular flexibility index (Phi) is 7.66. The van der Waals surface area contributed by atoms with Crippen LogP contribution in [-0.2, 0) is 9.59 Å². The quantitative estimate of drug-likeness (QED) is 0.416. The van der Waals surface area contributed by atoms with Crippen molar-refractivity contribution in [2.75, 3.05) is 0 Å². The summed E-state index contributed by atoms with van der Waals surface area (Å²) >= 11 is 0. The number of aliphatic carboxylic acids is 1. The summed E-state index contributed by atoms with van der Waals surface area (Å²) < 4.78 is 0. The molecule has 0 aromatic rings. The monoisotopic (exact) mass is 491 g/mol. The van der Waals surface area contributed by atoms with E-state index < -0.39 is 12.0 Å². The van der Waals surface area contributed by atoms with Gasteiger partial charge in [-0.3, -0.25) is 4.79 Å². The Morgan fingerprint density at radius 2 is 1.60 bits per heavy atom.